The number of hydrogen-bond acceptors (Lipinski definition) is 2. The predicted octanol–water partition coefficient (Wildman–Crippen LogP) is 2.87. The molecule has 0 amide bonds. The Balaban J connectivity index is 1.80. The highest BCUT2D eigenvalue weighted by Crippen LogP contribution is 2.36. The molecule has 3 atom stereocenters. The highest BCUT2D eigenvalue weighted by molar-refractivity contribution is 5.26. The van der Waals surface area contributed by atoms with E-state index in [1.165, 1.54) is 30.4 Å². The molecule has 2 aliphatic rings. The van der Waals surface area contributed by atoms with Crippen molar-refractivity contribution in [2.24, 2.45) is 5.92 Å². The smallest absolute Gasteiger partial charge is 0.0610 e. The zero-order valence-electron chi connectivity index (χ0n) is 11.2. The van der Waals surface area contributed by atoms with Crippen LogP contribution in [0, 0.1) is 12.8 Å². The summed E-state index contributed by atoms with van der Waals surface area (Å²) in [5, 5.41) is 3.55. The van der Waals surface area contributed by atoms with Gasteiger partial charge in [-0.2, -0.15) is 0 Å². The molecular weight excluding hydrogens is 222 g/mol. The van der Waals surface area contributed by atoms with Crippen LogP contribution in [0.2, 0.25) is 0 Å². The lowest BCUT2D eigenvalue weighted by Gasteiger charge is -2.36. The van der Waals surface area contributed by atoms with Crippen molar-refractivity contribution in [3.63, 3.8) is 0 Å². The summed E-state index contributed by atoms with van der Waals surface area (Å²) in [6.45, 7) is 5.37. The molecule has 2 fully saturated rings. The average molecular weight is 245 g/mol. The normalized spacial score (nSPS) is 32.6. The van der Waals surface area contributed by atoms with Crippen molar-refractivity contribution >= 4 is 0 Å². The molecule has 0 radical (unpaired) electrons. The van der Waals surface area contributed by atoms with Gasteiger partial charge in [-0.15, -0.1) is 0 Å². The largest absolute Gasteiger partial charge is 0.378 e. The summed E-state index contributed by atoms with van der Waals surface area (Å²) in [4.78, 5) is 0. The molecule has 0 aliphatic carbocycles. The first-order valence-corrected chi connectivity index (χ1v) is 7.23. The summed E-state index contributed by atoms with van der Waals surface area (Å²) in [7, 11) is 0. The predicted molar refractivity (Wildman–Crippen MR) is 73.9 cm³/mol. The van der Waals surface area contributed by atoms with Crippen LogP contribution < -0.4 is 5.32 Å². The molecule has 2 heterocycles. The van der Waals surface area contributed by atoms with Crippen LogP contribution in [0.3, 0.4) is 0 Å². The SMILES string of the molecule is Cc1ccc(C2CNCCC2C2CCCO2)cc1. The van der Waals surface area contributed by atoms with E-state index in [2.05, 4.69) is 36.5 Å². The minimum Gasteiger partial charge on any atom is -0.378 e. The van der Waals surface area contributed by atoms with Crippen molar-refractivity contribution in [1.29, 1.82) is 0 Å². The van der Waals surface area contributed by atoms with E-state index in [4.69, 9.17) is 4.74 Å². The van der Waals surface area contributed by atoms with Crippen LogP contribution in [0.4, 0.5) is 0 Å². The van der Waals surface area contributed by atoms with Gasteiger partial charge in [0.05, 0.1) is 6.10 Å². The van der Waals surface area contributed by atoms with E-state index >= 15 is 0 Å². The van der Waals surface area contributed by atoms with Gasteiger partial charge in [0.25, 0.3) is 0 Å². The Labute approximate surface area is 110 Å². The quantitative estimate of drug-likeness (QED) is 0.865. The molecule has 2 nitrogen and oxygen atoms in total. The molecule has 1 aromatic rings. The fourth-order valence-corrected chi connectivity index (χ4v) is 3.44. The van der Waals surface area contributed by atoms with Crippen molar-refractivity contribution in [2.75, 3.05) is 19.7 Å². The van der Waals surface area contributed by atoms with Crippen LogP contribution in [0.5, 0.6) is 0 Å². The number of piperidine rings is 1. The van der Waals surface area contributed by atoms with Crippen LogP contribution in [-0.4, -0.2) is 25.8 Å². The molecule has 2 saturated heterocycles. The van der Waals surface area contributed by atoms with Gasteiger partial charge < -0.3 is 10.1 Å². The Hall–Kier alpha value is -0.860. The van der Waals surface area contributed by atoms with E-state index in [-0.39, 0.29) is 0 Å². The topological polar surface area (TPSA) is 21.3 Å². The third-order valence-electron chi connectivity index (χ3n) is 4.48. The zero-order chi connectivity index (χ0) is 12.4. The Kier molecular flexibility index (Phi) is 3.67. The summed E-state index contributed by atoms with van der Waals surface area (Å²) in [5.41, 5.74) is 2.82. The maximum atomic E-state index is 5.94. The van der Waals surface area contributed by atoms with E-state index in [0.717, 1.165) is 19.7 Å². The molecule has 18 heavy (non-hydrogen) atoms. The Morgan fingerprint density at radius 3 is 2.72 bits per heavy atom. The van der Waals surface area contributed by atoms with Gasteiger partial charge in [0.15, 0.2) is 0 Å². The standard InChI is InChI=1S/C16H23NO/c1-12-4-6-13(7-5-12)15-11-17-9-8-14(15)16-3-2-10-18-16/h4-7,14-17H,2-3,8-11H2,1H3. The van der Waals surface area contributed by atoms with Crippen LogP contribution in [0.1, 0.15) is 36.3 Å². The molecule has 3 unspecified atom stereocenters. The van der Waals surface area contributed by atoms with E-state index < -0.39 is 0 Å². The molecule has 98 valence electrons. The molecule has 1 N–H and O–H groups in total. The van der Waals surface area contributed by atoms with Gasteiger partial charge in [-0.25, -0.2) is 0 Å². The molecular formula is C16H23NO. The first kappa shape index (κ1) is 12.2. The highest BCUT2D eigenvalue weighted by Gasteiger charge is 2.34. The molecule has 0 bridgehead atoms. The average Bonchev–Trinajstić information content (AvgIpc) is 2.93. The number of nitrogens with one attached hydrogen (secondary N) is 1. The monoisotopic (exact) mass is 245 g/mol. The summed E-state index contributed by atoms with van der Waals surface area (Å²) >= 11 is 0. The van der Waals surface area contributed by atoms with Crippen molar-refractivity contribution in [1.82, 2.24) is 5.32 Å². The molecule has 0 spiro atoms. The fourth-order valence-electron chi connectivity index (χ4n) is 3.44. The summed E-state index contributed by atoms with van der Waals surface area (Å²) < 4.78 is 5.94. The van der Waals surface area contributed by atoms with E-state index in [0.29, 0.717) is 17.9 Å². The first-order chi connectivity index (χ1) is 8.84. The maximum Gasteiger partial charge on any atom is 0.0610 e. The number of hydrogen-bond donors (Lipinski definition) is 1. The molecule has 0 aromatic heterocycles. The lowest BCUT2D eigenvalue weighted by molar-refractivity contribution is 0.0411. The maximum absolute atomic E-state index is 5.94. The molecule has 0 saturated carbocycles. The van der Waals surface area contributed by atoms with Gasteiger partial charge in [-0.05, 0) is 44.2 Å². The molecule has 3 rings (SSSR count). The second kappa shape index (κ2) is 5.41. The van der Waals surface area contributed by atoms with Gasteiger partial charge in [0.1, 0.15) is 0 Å². The summed E-state index contributed by atoms with van der Waals surface area (Å²) in [6, 6.07) is 9.07. The van der Waals surface area contributed by atoms with Crippen LogP contribution >= 0.6 is 0 Å². The minimum atomic E-state index is 0.499. The van der Waals surface area contributed by atoms with Crippen molar-refractivity contribution in [3.05, 3.63) is 35.4 Å². The first-order valence-electron chi connectivity index (χ1n) is 7.23. The Morgan fingerprint density at radius 1 is 1.17 bits per heavy atom. The van der Waals surface area contributed by atoms with Gasteiger partial charge in [-0.3, -0.25) is 0 Å². The highest BCUT2D eigenvalue weighted by atomic mass is 16.5. The van der Waals surface area contributed by atoms with Crippen molar-refractivity contribution in [2.45, 2.75) is 38.2 Å². The van der Waals surface area contributed by atoms with Crippen molar-refractivity contribution < 1.29 is 4.74 Å². The second-order valence-electron chi connectivity index (χ2n) is 5.73. The van der Waals surface area contributed by atoms with Gasteiger partial charge in [-0.1, -0.05) is 29.8 Å². The minimum absolute atomic E-state index is 0.499. The van der Waals surface area contributed by atoms with E-state index in [9.17, 15) is 0 Å². The lowest BCUT2D eigenvalue weighted by Crippen LogP contribution is -2.40. The Morgan fingerprint density at radius 2 is 2.00 bits per heavy atom. The molecule has 1 aromatic carbocycles. The number of ether oxygens (including phenoxy) is 1. The Bertz CT molecular complexity index is 381. The van der Waals surface area contributed by atoms with Gasteiger partial charge >= 0.3 is 0 Å². The summed E-state index contributed by atoms with van der Waals surface area (Å²) in [5.74, 6) is 1.33. The van der Waals surface area contributed by atoms with Crippen LogP contribution in [0.15, 0.2) is 24.3 Å². The van der Waals surface area contributed by atoms with Crippen LogP contribution in [-0.2, 0) is 4.74 Å². The molecule has 2 heteroatoms. The van der Waals surface area contributed by atoms with Crippen LogP contribution in [0.25, 0.3) is 0 Å². The van der Waals surface area contributed by atoms with E-state index in [1.807, 2.05) is 0 Å². The summed E-state index contributed by atoms with van der Waals surface area (Å²) in [6.07, 6.45) is 4.25. The van der Waals surface area contributed by atoms with Gasteiger partial charge in [0, 0.05) is 19.1 Å². The fraction of sp³-hybridized carbons (Fsp3) is 0.625. The third kappa shape index (κ3) is 2.45. The lowest BCUT2D eigenvalue weighted by atomic mass is 9.77. The van der Waals surface area contributed by atoms with E-state index in [1.54, 1.807) is 0 Å². The third-order valence-corrected chi connectivity index (χ3v) is 4.48. The molecule has 2 aliphatic heterocycles. The second-order valence-corrected chi connectivity index (χ2v) is 5.73. The van der Waals surface area contributed by atoms with Gasteiger partial charge in [0.2, 0.25) is 0 Å². The zero-order valence-corrected chi connectivity index (χ0v) is 11.2. The van der Waals surface area contributed by atoms with Crippen molar-refractivity contribution in [3.8, 4) is 0 Å². The number of rotatable bonds is 2. The number of benzene rings is 1. The number of aryl methyl sites for hydroxylation is 1.